The Labute approximate surface area is 177 Å². The monoisotopic (exact) mass is 434 g/mol. The smallest absolute Gasteiger partial charge is 0.372 e. The van der Waals surface area contributed by atoms with Crippen LogP contribution in [0, 0.1) is 0 Å². The predicted octanol–water partition coefficient (Wildman–Crippen LogP) is 3.81. The molecule has 2 N–H and O–H groups in total. The van der Waals surface area contributed by atoms with Crippen LogP contribution in [0.3, 0.4) is 0 Å². The van der Waals surface area contributed by atoms with Gasteiger partial charge >= 0.3 is 5.97 Å². The normalized spacial score (nSPS) is 10.9. The van der Waals surface area contributed by atoms with E-state index in [0.717, 1.165) is 5.69 Å². The van der Waals surface area contributed by atoms with Crippen molar-refractivity contribution in [2.75, 3.05) is 35.1 Å². The molecule has 0 saturated carbocycles. The summed E-state index contributed by atoms with van der Waals surface area (Å²) in [6.45, 7) is 1.34. The summed E-state index contributed by atoms with van der Waals surface area (Å²) < 4.78 is 1.50. The Morgan fingerprint density at radius 1 is 1.10 bits per heavy atom. The molecule has 152 valence electrons. The van der Waals surface area contributed by atoms with Crippen molar-refractivity contribution in [3.63, 3.8) is 0 Å². The maximum Gasteiger partial charge on any atom is 0.372 e. The van der Waals surface area contributed by atoms with Gasteiger partial charge in [-0.3, -0.25) is 4.79 Å². The van der Waals surface area contributed by atoms with Crippen LogP contribution in [0.15, 0.2) is 42.5 Å². The third-order valence-corrected chi connectivity index (χ3v) is 4.87. The van der Waals surface area contributed by atoms with E-state index in [9.17, 15) is 14.7 Å². The van der Waals surface area contributed by atoms with Gasteiger partial charge in [0.25, 0.3) is 5.91 Å². The summed E-state index contributed by atoms with van der Waals surface area (Å²) in [5, 5.41) is 12.0. The van der Waals surface area contributed by atoms with Gasteiger partial charge in [0.15, 0.2) is 0 Å². The fourth-order valence-corrected chi connectivity index (χ4v) is 3.48. The molecule has 0 aliphatic heterocycles. The summed E-state index contributed by atoms with van der Waals surface area (Å²) in [4.78, 5) is 30.0. The number of benzene rings is 2. The molecule has 0 aliphatic rings. The van der Waals surface area contributed by atoms with Gasteiger partial charge < -0.3 is 19.9 Å². The number of fused-ring (bicyclic) bond motifs is 1. The minimum atomic E-state index is -1.10. The molecule has 0 atom stereocenters. The average Bonchev–Trinajstić information content (AvgIpc) is 3.04. The maximum absolute atomic E-state index is 12.6. The van der Waals surface area contributed by atoms with Crippen molar-refractivity contribution in [2.45, 2.75) is 0 Å². The topological polar surface area (TPSA) is 87.5 Å². The Bertz CT molecular complexity index is 1030. The van der Waals surface area contributed by atoms with E-state index in [2.05, 4.69) is 15.2 Å². The molecule has 29 heavy (non-hydrogen) atoms. The van der Waals surface area contributed by atoms with Gasteiger partial charge in [-0.15, -0.1) is 23.2 Å². The standard InChI is InChI=1S/C20H20Cl2N4O3/c1-25-17-7-4-14(12-16(17)24-18(25)20(28)29)23-19(27)13-2-5-15(6-3-13)26(10-8-21)11-9-22/h2-7,12H,8-11H2,1H3,(H,23,27)(H,28,29). The molecular formula is C20H20Cl2N4O3. The molecule has 1 aromatic heterocycles. The van der Waals surface area contributed by atoms with Crippen molar-refractivity contribution >= 4 is 57.5 Å². The van der Waals surface area contributed by atoms with E-state index in [0.29, 0.717) is 47.1 Å². The van der Waals surface area contributed by atoms with Crippen LogP contribution in [0.2, 0.25) is 0 Å². The number of rotatable bonds is 8. The van der Waals surface area contributed by atoms with Crippen molar-refractivity contribution in [2.24, 2.45) is 7.05 Å². The number of carbonyl (C=O) groups is 2. The van der Waals surface area contributed by atoms with Gasteiger partial charge in [-0.1, -0.05) is 0 Å². The number of carbonyl (C=O) groups excluding carboxylic acids is 1. The van der Waals surface area contributed by atoms with Gasteiger partial charge in [0.2, 0.25) is 5.82 Å². The van der Waals surface area contributed by atoms with Crippen LogP contribution in [0.4, 0.5) is 11.4 Å². The third kappa shape index (κ3) is 4.63. The second kappa shape index (κ2) is 9.15. The Hall–Kier alpha value is -2.77. The number of imidazole rings is 1. The largest absolute Gasteiger partial charge is 0.475 e. The summed E-state index contributed by atoms with van der Waals surface area (Å²) in [6.07, 6.45) is 0. The summed E-state index contributed by atoms with van der Waals surface area (Å²) in [6, 6.07) is 12.3. The van der Waals surface area contributed by atoms with Gasteiger partial charge in [-0.25, -0.2) is 9.78 Å². The van der Waals surface area contributed by atoms with E-state index in [-0.39, 0.29) is 11.7 Å². The van der Waals surface area contributed by atoms with Crippen LogP contribution in [0.5, 0.6) is 0 Å². The molecule has 3 rings (SSSR count). The van der Waals surface area contributed by atoms with Gasteiger partial charge in [-0.05, 0) is 42.5 Å². The lowest BCUT2D eigenvalue weighted by Gasteiger charge is -2.22. The predicted molar refractivity (Wildman–Crippen MR) is 116 cm³/mol. The number of hydrogen-bond acceptors (Lipinski definition) is 4. The van der Waals surface area contributed by atoms with E-state index in [1.54, 1.807) is 37.4 Å². The van der Waals surface area contributed by atoms with Crippen molar-refractivity contribution in [1.82, 2.24) is 9.55 Å². The molecule has 0 saturated heterocycles. The lowest BCUT2D eigenvalue weighted by Crippen LogP contribution is -2.27. The number of carboxylic acid groups (broad SMARTS) is 1. The maximum atomic E-state index is 12.6. The first-order chi connectivity index (χ1) is 13.9. The zero-order valence-electron chi connectivity index (χ0n) is 15.7. The first-order valence-corrected chi connectivity index (χ1v) is 9.99. The van der Waals surface area contributed by atoms with Gasteiger partial charge in [0, 0.05) is 48.8 Å². The molecule has 0 bridgehead atoms. The number of anilines is 2. The Morgan fingerprint density at radius 2 is 1.76 bits per heavy atom. The van der Waals surface area contributed by atoms with Gasteiger partial charge in [0.05, 0.1) is 11.0 Å². The summed E-state index contributed by atoms with van der Waals surface area (Å²) in [7, 11) is 1.64. The lowest BCUT2D eigenvalue weighted by molar-refractivity contribution is 0.0680. The van der Waals surface area contributed by atoms with E-state index in [1.807, 2.05) is 12.1 Å². The molecule has 0 aliphatic carbocycles. The molecule has 0 fully saturated rings. The molecule has 0 spiro atoms. The van der Waals surface area contributed by atoms with Crippen molar-refractivity contribution in [3.8, 4) is 0 Å². The number of nitrogens with one attached hydrogen (secondary N) is 1. The number of amides is 1. The highest BCUT2D eigenvalue weighted by Gasteiger charge is 2.15. The number of alkyl halides is 2. The number of halogens is 2. The lowest BCUT2D eigenvalue weighted by atomic mass is 10.1. The first kappa shape index (κ1) is 21.0. The van der Waals surface area contributed by atoms with Crippen LogP contribution in [0.25, 0.3) is 11.0 Å². The number of nitrogens with zero attached hydrogens (tertiary/aromatic N) is 3. The van der Waals surface area contributed by atoms with Crippen LogP contribution in [-0.2, 0) is 7.05 Å². The molecule has 0 radical (unpaired) electrons. The average molecular weight is 435 g/mol. The van der Waals surface area contributed by atoms with Crippen molar-refractivity contribution in [1.29, 1.82) is 0 Å². The zero-order chi connectivity index (χ0) is 21.0. The first-order valence-electron chi connectivity index (χ1n) is 8.92. The molecule has 7 nitrogen and oxygen atoms in total. The highest BCUT2D eigenvalue weighted by atomic mass is 35.5. The molecule has 1 amide bonds. The van der Waals surface area contributed by atoms with E-state index < -0.39 is 5.97 Å². The fourth-order valence-electron chi connectivity index (χ4n) is 3.07. The SMILES string of the molecule is Cn1c(C(=O)O)nc2cc(NC(=O)c3ccc(N(CCCl)CCCl)cc3)ccc21. The third-order valence-electron chi connectivity index (χ3n) is 4.53. The number of aromatic nitrogens is 2. The number of carboxylic acids is 1. The van der Waals surface area contributed by atoms with Crippen molar-refractivity contribution < 1.29 is 14.7 Å². The highest BCUT2D eigenvalue weighted by molar-refractivity contribution is 6.18. The molecule has 9 heteroatoms. The van der Waals surface area contributed by atoms with E-state index in [1.165, 1.54) is 4.57 Å². The number of aryl methyl sites for hydroxylation is 1. The minimum Gasteiger partial charge on any atom is -0.475 e. The Morgan fingerprint density at radius 3 is 2.34 bits per heavy atom. The van der Waals surface area contributed by atoms with Gasteiger partial charge in [-0.2, -0.15) is 0 Å². The number of hydrogen-bond donors (Lipinski definition) is 2. The van der Waals surface area contributed by atoms with Crippen LogP contribution in [0.1, 0.15) is 21.0 Å². The summed E-state index contributed by atoms with van der Waals surface area (Å²) in [5.41, 5.74) is 3.14. The summed E-state index contributed by atoms with van der Waals surface area (Å²) >= 11 is 11.7. The second-order valence-electron chi connectivity index (χ2n) is 6.37. The van der Waals surface area contributed by atoms with Gasteiger partial charge in [0.1, 0.15) is 0 Å². The quantitative estimate of drug-likeness (QED) is 0.526. The fraction of sp³-hybridized carbons (Fsp3) is 0.250. The van der Waals surface area contributed by atoms with Crippen LogP contribution < -0.4 is 10.2 Å². The second-order valence-corrected chi connectivity index (χ2v) is 7.13. The molecule has 0 unspecified atom stereocenters. The Kier molecular flexibility index (Phi) is 6.61. The molecule has 2 aromatic carbocycles. The molecule has 3 aromatic rings. The minimum absolute atomic E-state index is 0.0579. The van der Waals surface area contributed by atoms with E-state index in [4.69, 9.17) is 23.2 Å². The Balaban J connectivity index is 1.76. The summed E-state index contributed by atoms with van der Waals surface area (Å²) in [5.74, 6) is -0.465. The van der Waals surface area contributed by atoms with Crippen molar-refractivity contribution in [3.05, 3.63) is 53.9 Å². The van der Waals surface area contributed by atoms with Crippen LogP contribution in [-0.4, -0.2) is 51.4 Å². The molecular weight excluding hydrogens is 415 g/mol. The molecule has 1 heterocycles. The zero-order valence-corrected chi connectivity index (χ0v) is 17.2. The highest BCUT2D eigenvalue weighted by Crippen LogP contribution is 2.21. The van der Waals surface area contributed by atoms with Crippen LogP contribution >= 0.6 is 23.2 Å². The van der Waals surface area contributed by atoms with E-state index >= 15 is 0 Å². The number of aromatic carboxylic acids is 1.